The van der Waals surface area contributed by atoms with Crippen LogP contribution in [-0.2, 0) is 4.79 Å². The highest BCUT2D eigenvalue weighted by Crippen LogP contribution is 2.17. The summed E-state index contributed by atoms with van der Waals surface area (Å²) in [6.45, 7) is 2.13. The maximum absolute atomic E-state index is 11.9. The SMILES string of the molecule is COc1ccc(OC[C@H](C)NC(=O)/C=C/c2cccc([N+](=O)[O-])c2)cc1. The fourth-order valence-corrected chi connectivity index (χ4v) is 2.14. The van der Waals surface area contributed by atoms with Crippen molar-refractivity contribution in [2.45, 2.75) is 13.0 Å². The van der Waals surface area contributed by atoms with E-state index in [1.807, 2.05) is 6.92 Å². The number of benzene rings is 2. The first-order valence-corrected chi connectivity index (χ1v) is 7.98. The number of nitro benzene ring substituents is 1. The third-order valence-electron chi connectivity index (χ3n) is 3.46. The van der Waals surface area contributed by atoms with Gasteiger partial charge in [-0.2, -0.15) is 0 Å². The number of amides is 1. The van der Waals surface area contributed by atoms with E-state index in [9.17, 15) is 14.9 Å². The number of nitrogens with zero attached hydrogens (tertiary/aromatic N) is 1. The van der Waals surface area contributed by atoms with Crippen LogP contribution in [0.15, 0.2) is 54.6 Å². The molecule has 7 nitrogen and oxygen atoms in total. The van der Waals surface area contributed by atoms with Gasteiger partial charge in [-0.05, 0) is 42.8 Å². The molecule has 0 aliphatic rings. The quantitative estimate of drug-likeness (QED) is 0.446. The third kappa shape index (κ3) is 5.94. The zero-order valence-electron chi connectivity index (χ0n) is 14.5. The van der Waals surface area contributed by atoms with Crippen LogP contribution in [0.3, 0.4) is 0 Å². The van der Waals surface area contributed by atoms with Crippen LogP contribution in [0.5, 0.6) is 11.5 Å². The normalized spacial score (nSPS) is 11.8. The lowest BCUT2D eigenvalue weighted by atomic mass is 10.2. The minimum atomic E-state index is -0.476. The summed E-state index contributed by atoms with van der Waals surface area (Å²) in [7, 11) is 1.59. The van der Waals surface area contributed by atoms with E-state index >= 15 is 0 Å². The Hall–Kier alpha value is -3.35. The van der Waals surface area contributed by atoms with Gasteiger partial charge >= 0.3 is 0 Å². The number of carbonyl (C=O) groups is 1. The highest BCUT2D eigenvalue weighted by atomic mass is 16.6. The molecule has 2 rings (SSSR count). The van der Waals surface area contributed by atoms with Crippen molar-refractivity contribution in [2.75, 3.05) is 13.7 Å². The summed E-state index contributed by atoms with van der Waals surface area (Å²) in [5, 5.41) is 13.5. The molecule has 1 atom stereocenters. The number of non-ortho nitro benzene ring substituents is 1. The summed E-state index contributed by atoms with van der Waals surface area (Å²) in [5.74, 6) is 1.12. The fourth-order valence-electron chi connectivity index (χ4n) is 2.14. The molecule has 0 bridgehead atoms. The highest BCUT2D eigenvalue weighted by Gasteiger charge is 2.07. The van der Waals surface area contributed by atoms with Crippen LogP contribution in [0.1, 0.15) is 12.5 Å². The van der Waals surface area contributed by atoms with Crippen molar-refractivity contribution in [1.82, 2.24) is 5.32 Å². The minimum absolute atomic E-state index is 0.0196. The number of carbonyl (C=O) groups excluding carboxylic acids is 1. The first-order valence-electron chi connectivity index (χ1n) is 7.98. The minimum Gasteiger partial charge on any atom is -0.497 e. The second-order valence-corrected chi connectivity index (χ2v) is 5.58. The van der Waals surface area contributed by atoms with E-state index in [1.54, 1.807) is 43.5 Å². The Morgan fingerprint density at radius 1 is 1.23 bits per heavy atom. The van der Waals surface area contributed by atoms with Gasteiger partial charge in [0, 0.05) is 18.2 Å². The second-order valence-electron chi connectivity index (χ2n) is 5.58. The maximum atomic E-state index is 11.9. The Balaban J connectivity index is 1.82. The molecule has 0 saturated heterocycles. The molecule has 0 aliphatic heterocycles. The van der Waals surface area contributed by atoms with Gasteiger partial charge in [0.2, 0.25) is 5.91 Å². The number of methoxy groups -OCH3 is 1. The van der Waals surface area contributed by atoms with Crippen LogP contribution in [0, 0.1) is 10.1 Å². The van der Waals surface area contributed by atoms with Crippen LogP contribution in [0.2, 0.25) is 0 Å². The van der Waals surface area contributed by atoms with Crippen molar-refractivity contribution >= 4 is 17.7 Å². The first kappa shape index (κ1) is 19.0. The van der Waals surface area contributed by atoms with Gasteiger partial charge in [0.1, 0.15) is 18.1 Å². The lowest BCUT2D eigenvalue weighted by Gasteiger charge is -2.14. The molecule has 0 fully saturated rings. The average Bonchev–Trinajstić information content (AvgIpc) is 2.65. The molecule has 1 N–H and O–H groups in total. The predicted octanol–water partition coefficient (Wildman–Crippen LogP) is 3.20. The van der Waals surface area contributed by atoms with Gasteiger partial charge in [0.05, 0.1) is 18.1 Å². The molecule has 0 unspecified atom stereocenters. The molecule has 26 heavy (non-hydrogen) atoms. The van der Waals surface area contributed by atoms with Gasteiger partial charge in [0.25, 0.3) is 5.69 Å². The second kappa shape index (κ2) is 9.22. The van der Waals surface area contributed by atoms with Crippen molar-refractivity contribution in [3.05, 3.63) is 70.3 Å². The van der Waals surface area contributed by atoms with Crippen LogP contribution in [0.4, 0.5) is 5.69 Å². The van der Waals surface area contributed by atoms with Gasteiger partial charge in [-0.3, -0.25) is 14.9 Å². The van der Waals surface area contributed by atoms with Crippen LogP contribution in [0.25, 0.3) is 6.08 Å². The Bertz CT molecular complexity index is 787. The van der Waals surface area contributed by atoms with Crippen molar-refractivity contribution in [2.24, 2.45) is 0 Å². The van der Waals surface area contributed by atoms with Gasteiger partial charge < -0.3 is 14.8 Å². The number of rotatable bonds is 8. The van der Waals surface area contributed by atoms with Gasteiger partial charge in [-0.25, -0.2) is 0 Å². The topological polar surface area (TPSA) is 90.7 Å². The molecule has 7 heteroatoms. The molecule has 0 radical (unpaired) electrons. The predicted molar refractivity (Wildman–Crippen MR) is 98.2 cm³/mol. The van der Waals surface area contributed by atoms with E-state index in [0.29, 0.717) is 17.9 Å². The van der Waals surface area contributed by atoms with Gasteiger partial charge in [-0.15, -0.1) is 0 Å². The van der Waals surface area contributed by atoms with E-state index in [1.165, 1.54) is 24.3 Å². The smallest absolute Gasteiger partial charge is 0.270 e. The Morgan fingerprint density at radius 3 is 2.58 bits per heavy atom. The highest BCUT2D eigenvalue weighted by molar-refractivity contribution is 5.91. The van der Waals surface area contributed by atoms with Crippen molar-refractivity contribution in [3.63, 3.8) is 0 Å². The standard InChI is InChI=1S/C19H20N2O5/c1-14(13-26-18-9-7-17(25-2)8-10-18)20-19(22)11-6-15-4-3-5-16(12-15)21(23)24/h3-12,14H,13H2,1-2H3,(H,20,22)/b11-6+/t14-/m0/s1. The Labute approximate surface area is 151 Å². The maximum Gasteiger partial charge on any atom is 0.270 e. The number of hydrogen-bond acceptors (Lipinski definition) is 5. The number of hydrogen-bond donors (Lipinski definition) is 1. The van der Waals surface area contributed by atoms with E-state index in [0.717, 1.165) is 5.75 Å². The van der Waals surface area contributed by atoms with Crippen molar-refractivity contribution in [1.29, 1.82) is 0 Å². The lowest BCUT2D eigenvalue weighted by molar-refractivity contribution is -0.384. The van der Waals surface area contributed by atoms with Crippen LogP contribution in [-0.4, -0.2) is 30.6 Å². The summed E-state index contributed by atoms with van der Waals surface area (Å²) >= 11 is 0. The number of nitro groups is 1. The largest absolute Gasteiger partial charge is 0.497 e. The monoisotopic (exact) mass is 356 g/mol. The fraction of sp³-hybridized carbons (Fsp3) is 0.211. The van der Waals surface area contributed by atoms with Gasteiger partial charge in [0.15, 0.2) is 0 Å². The molecule has 0 aromatic heterocycles. The average molecular weight is 356 g/mol. The molecule has 136 valence electrons. The lowest BCUT2D eigenvalue weighted by Crippen LogP contribution is -2.35. The first-order chi connectivity index (χ1) is 12.5. The van der Waals surface area contributed by atoms with Crippen molar-refractivity contribution < 1.29 is 19.2 Å². The Morgan fingerprint density at radius 2 is 1.92 bits per heavy atom. The zero-order chi connectivity index (χ0) is 18.9. The molecule has 0 spiro atoms. The molecule has 2 aromatic rings. The Kier molecular flexibility index (Phi) is 6.73. The summed E-state index contributed by atoms with van der Waals surface area (Å²) in [5.41, 5.74) is 0.560. The van der Waals surface area contributed by atoms with Crippen LogP contribution >= 0.6 is 0 Å². The molecule has 0 saturated carbocycles. The molecule has 2 aromatic carbocycles. The third-order valence-corrected chi connectivity index (χ3v) is 3.46. The molecular formula is C19H20N2O5. The number of ether oxygens (including phenoxy) is 2. The van der Waals surface area contributed by atoms with E-state index < -0.39 is 4.92 Å². The summed E-state index contributed by atoms with van der Waals surface area (Å²) in [6, 6.07) is 13.0. The molecule has 0 aliphatic carbocycles. The van der Waals surface area contributed by atoms with Crippen LogP contribution < -0.4 is 14.8 Å². The van der Waals surface area contributed by atoms with Crippen molar-refractivity contribution in [3.8, 4) is 11.5 Å². The number of nitrogens with one attached hydrogen (secondary N) is 1. The zero-order valence-corrected chi connectivity index (χ0v) is 14.5. The molecular weight excluding hydrogens is 336 g/mol. The molecule has 1 amide bonds. The molecule has 0 heterocycles. The van der Waals surface area contributed by atoms with Gasteiger partial charge in [-0.1, -0.05) is 12.1 Å². The van der Waals surface area contributed by atoms with E-state index in [2.05, 4.69) is 5.32 Å². The van der Waals surface area contributed by atoms with E-state index in [-0.39, 0.29) is 17.6 Å². The summed E-state index contributed by atoms with van der Waals surface area (Å²) in [4.78, 5) is 22.2. The summed E-state index contributed by atoms with van der Waals surface area (Å²) < 4.78 is 10.7. The van der Waals surface area contributed by atoms with E-state index in [4.69, 9.17) is 9.47 Å². The summed E-state index contributed by atoms with van der Waals surface area (Å²) in [6.07, 6.45) is 2.86.